The van der Waals surface area contributed by atoms with E-state index in [1.54, 1.807) is 20.4 Å². The number of ether oxygens (including phenoxy) is 2. The molecule has 2 N–H and O–H groups in total. The Labute approximate surface area is 159 Å². The Kier molecular flexibility index (Phi) is 6.41. The number of anilines is 1. The number of aromatic nitrogens is 1. The van der Waals surface area contributed by atoms with Gasteiger partial charge >= 0.3 is 0 Å². The summed E-state index contributed by atoms with van der Waals surface area (Å²) in [7, 11) is 1.43. The number of benzene rings is 1. The van der Waals surface area contributed by atoms with Crippen LogP contribution >= 0.6 is 20.0 Å². The molecular formula is C18H24ClN2O4P. The van der Waals surface area contributed by atoms with Crippen LogP contribution in [0.3, 0.4) is 0 Å². The minimum Gasteiger partial charge on any atom is -0.493 e. The molecule has 0 saturated carbocycles. The molecule has 26 heavy (non-hydrogen) atoms. The predicted molar refractivity (Wildman–Crippen MR) is 106 cm³/mol. The second-order valence-electron chi connectivity index (χ2n) is 6.49. The molecular weight excluding hydrogens is 375 g/mol. The monoisotopic (exact) mass is 398 g/mol. The van der Waals surface area contributed by atoms with Crippen LogP contribution in [-0.2, 0) is 0 Å². The summed E-state index contributed by atoms with van der Waals surface area (Å²) in [5.41, 5.74) is 1.79. The first-order chi connectivity index (χ1) is 12.5. The van der Waals surface area contributed by atoms with E-state index in [0.717, 1.165) is 48.9 Å². The first kappa shape index (κ1) is 19.4. The van der Waals surface area contributed by atoms with Gasteiger partial charge in [0.15, 0.2) is 19.9 Å². The maximum absolute atomic E-state index is 9.12. The van der Waals surface area contributed by atoms with E-state index in [0.29, 0.717) is 28.6 Å². The molecule has 0 amide bonds. The molecule has 1 aliphatic heterocycles. The van der Waals surface area contributed by atoms with Crippen LogP contribution in [0.2, 0.25) is 5.02 Å². The van der Waals surface area contributed by atoms with Crippen molar-refractivity contribution in [1.82, 2.24) is 4.98 Å². The molecule has 0 atom stereocenters. The number of rotatable bonds is 6. The Morgan fingerprint density at radius 3 is 2.46 bits per heavy atom. The number of hydrogen-bond acceptors (Lipinski definition) is 6. The van der Waals surface area contributed by atoms with E-state index in [-0.39, 0.29) is 0 Å². The molecule has 2 aromatic rings. The number of pyridine rings is 1. The van der Waals surface area contributed by atoms with Crippen molar-refractivity contribution < 1.29 is 19.3 Å². The van der Waals surface area contributed by atoms with Crippen LogP contribution in [0.15, 0.2) is 18.3 Å². The number of halogens is 1. The van der Waals surface area contributed by atoms with Gasteiger partial charge in [0.2, 0.25) is 0 Å². The van der Waals surface area contributed by atoms with E-state index < -0.39 is 8.38 Å². The summed E-state index contributed by atoms with van der Waals surface area (Å²) in [4.78, 5) is 25.0. The lowest BCUT2D eigenvalue weighted by Gasteiger charge is -2.35. The van der Waals surface area contributed by atoms with Gasteiger partial charge in [-0.25, -0.2) is 0 Å². The summed E-state index contributed by atoms with van der Waals surface area (Å²) in [6, 6.07) is 3.80. The molecule has 1 fully saturated rings. The van der Waals surface area contributed by atoms with Crippen molar-refractivity contribution in [2.75, 3.05) is 38.4 Å². The second kappa shape index (κ2) is 8.57. The first-order valence-electron chi connectivity index (χ1n) is 8.64. The summed E-state index contributed by atoms with van der Waals surface area (Å²) in [5, 5.41) is 1.57. The molecule has 8 heteroatoms. The minimum atomic E-state index is -1.79. The van der Waals surface area contributed by atoms with Gasteiger partial charge in [-0.1, -0.05) is 11.6 Å². The van der Waals surface area contributed by atoms with Gasteiger partial charge in [0.25, 0.3) is 0 Å². The van der Waals surface area contributed by atoms with E-state index in [1.807, 2.05) is 12.1 Å². The molecule has 0 aliphatic carbocycles. The molecule has 1 aliphatic rings. The number of fused-ring (bicyclic) bond motifs is 1. The van der Waals surface area contributed by atoms with Crippen molar-refractivity contribution in [1.29, 1.82) is 0 Å². The van der Waals surface area contributed by atoms with E-state index in [4.69, 9.17) is 30.9 Å². The topological polar surface area (TPSA) is 75.1 Å². The van der Waals surface area contributed by atoms with Gasteiger partial charge in [-0.2, -0.15) is 0 Å². The molecule has 1 saturated heterocycles. The van der Waals surface area contributed by atoms with Crippen molar-refractivity contribution in [3.8, 4) is 11.5 Å². The van der Waals surface area contributed by atoms with Crippen LogP contribution in [-0.4, -0.2) is 48.2 Å². The highest BCUT2D eigenvalue weighted by atomic mass is 35.5. The molecule has 0 bridgehead atoms. The van der Waals surface area contributed by atoms with Crippen LogP contribution in [0.4, 0.5) is 5.69 Å². The summed E-state index contributed by atoms with van der Waals surface area (Å²) in [6.07, 6.45) is 5.06. The number of hydrogen-bond donors (Lipinski definition) is 2. The molecule has 142 valence electrons. The van der Waals surface area contributed by atoms with Crippen molar-refractivity contribution >= 4 is 36.6 Å². The van der Waals surface area contributed by atoms with Crippen LogP contribution < -0.4 is 14.4 Å². The zero-order valence-electron chi connectivity index (χ0n) is 15.0. The van der Waals surface area contributed by atoms with Gasteiger partial charge in [0.1, 0.15) is 0 Å². The molecule has 1 aromatic heterocycles. The van der Waals surface area contributed by atoms with Gasteiger partial charge in [0.05, 0.1) is 30.4 Å². The Hall–Kier alpha value is -1.33. The van der Waals surface area contributed by atoms with Gasteiger partial charge in [0, 0.05) is 36.9 Å². The average molecular weight is 399 g/mol. The zero-order valence-corrected chi connectivity index (χ0v) is 16.6. The van der Waals surface area contributed by atoms with Crippen molar-refractivity contribution in [3.05, 3.63) is 23.4 Å². The van der Waals surface area contributed by atoms with E-state index in [9.17, 15) is 0 Å². The number of methoxy groups -OCH3 is 2. The second-order valence-corrected chi connectivity index (χ2v) is 8.09. The quantitative estimate of drug-likeness (QED) is 0.721. The summed E-state index contributed by atoms with van der Waals surface area (Å²) < 4.78 is 10.8. The molecule has 0 radical (unpaired) electrons. The lowest BCUT2D eigenvalue weighted by atomic mass is 9.94. The van der Waals surface area contributed by atoms with E-state index in [1.165, 1.54) is 0 Å². The highest BCUT2D eigenvalue weighted by Gasteiger charge is 2.24. The van der Waals surface area contributed by atoms with E-state index in [2.05, 4.69) is 9.88 Å². The highest BCUT2D eigenvalue weighted by molar-refractivity contribution is 7.45. The van der Waals surface area contributed by atoms with Gasteiger partial charge in [-0.15, -0.1) is 0 Å². The summed E-state index contributed by atoms with van der Waals surface area (Å²) >= 11 is 6.51. The SMILES string of the molecule is COc1cc2ncc(Cl)c(N3CCC(CCP(O)O)CC3)c2cc1OC. The maximum atomic E-state index is 9.12. The molecule has 3 rings (SSSR count). The fourth-order valence-electron chi connectivity index (χ4n) is 3.55. The molecule has 0 spiro atoms. The van der Waals surface area contributed by atoms with Crippen molar-refractivity contribution in [2.45, 2.75) is 19.3 Å². The average Bonchev–Trinajstić information content (AvgIpc) is 2.65. The third kappa shape index (κ3) is 4.15. The van der Waals surface area contributed by atoms with Gasteiger partial charge in [-0.3, -0.25) is 4.98 Å². The van der Waals surface area contributed by atoms with Crippen LogP contribution in [0, 0.1) is 5.92 Å². The Balaban J connectivity index is 1.87. The summed E-state index contributed by atoms with van der Waals surface area (Å²) in [6.45, 7) is 1.76. The van der Waals surface area contributed by atoms with Crippen molar-refractivity contribution in [3.63, 3.8) is 0 Å². The van der Waals surface area contributed by atoms with Crippen LogP contribution in [0.5, 0.6) is 11.5 Å². The fourth-order valence-corrected chi connectivity index (χ4v) is 4.41. The highest BCUT2D eigenvalue weighted by Crippen LogP contribution is 2.40. The Morgan fingerprint density at radius 2 is 1.85 bits per heavy atom. The smallest absolute Gasteiger partial charge is 0.164 e. The van der Waals surface area contributed by atoms with Crippen LogP contribution in [0.25, 0.3) is 10.9 Å². The maximum Gasteiger partial charge on any atom is 0.164 e. The van der Waals surface area contributed by atoms with Gasteiger partial charge < -0.3 is 24.2 Å². The van der Waals surface area contributed by atoms with Crippen LogP contribution in [0.1, 0.15) is 19.3 Å². The standard InChI is InChI=1S/C18H24ClN2O4P/c1-24-16-9-13-15(10-17(16)25-2)20-11-14(19)18(13)21-6-3-12(4-7-21)5-8-26(22)23/h9-12,22-23H,3-8H2,1-2H3. The molecule has 0 unspecified atom stereocenters. The first-order valence-corrected chi connectivity index (χ1v) is 10.4. The largest absolute Gasteiger partial charge is 0.493 e. The third-order valence-electron chi connectivity index (χ3n) is 4.97. The third-order valence-corrected chi connectivity index (χ3v) is 5.90. The fraction of sp³-hybridized carbons (Fsp3) is 0.500. The predicted octanol–water partition coefficient (Wildman–Crippen LogP) is 3.81. The number of piperidine rings is 1. The normalized spacial score (nSPS) is 15.7. The minimum absolute atomic E-state index is 0.496. The zero-order chi connectivity index (χ0) is 18.7. The van der Waals surface area contributed by atoms with Gasteiger partial charge in [-0.05, 0) is 31.2 Å². The number of nitrogens with zero attached hydrogens (tertiary/aromatic N) is 2. The molecule has 6 nitrogen and oxygen atoms in total. The van der Waals surface area contributed by atoms with Crippen molar-refractivity contribution in [2.24, 2.45) is 5.92 Å². The van der Waals surface area contributed by atoms with E-state index >= 15 is 0 Å². The summed E-state index contributed by atoms with van der Waals surface area (Å²) in [5.74, 6) is 1.82. The Morgan fingerprint density at radius 1 is 1.19 bits per heavy atom. The lowest BCUT2D eigenvalue weighted by molar-refractivity contribution is 0.355. The Bertz CT molecular complexity index is 766. The molecule has 2 heterocycles. The molecule has 1 aromatic carbocycles. The lowest BCUT2D eigenvalue weighted by Crippen LogP contribution is -2.34.